The van der Waals surface area contributed by atoms with Crippen molar-refractivity contribution >= 4 is 28.5 Å². The summed E-state index contributed by atoms with van der Waals surface area (Å²) in [6, 6.07) is 12.1. The SMILES string of the molecule is O=C(NC1(C23CC(C(=O)O)(C2)C3)CC1)c1cccc2ccn(Cc3ccc(N4CCOCC4)cn3)c12. The Bertz CT molecular complexity index is 1350. The van der Waals surface area contributed by atoms with Crippen molar-refractivity contribution in [1.29, 1.82) is 0 Å². The molecule has 8 nitrogen and oxygen atoms in total. The molecule has 1 aromatic carbocycles. The average Bonchev–Trinajstić information content (AvgIpc) is 3.48. The quantitative estimate of drug-likeness (QED) is 0.531. The monoisotopic (exact) mass is 486 g/mol. The normalized spacial score (nSPS) is 27.7. The predicted octanol–water partition coefficient (Wildman–Crippen LogP) is 3.44. The van der Waals surface area contributed by atoms with E-state index in [0.717, 1.165) is 61.4 Å². The Morgan fingerprint density at radius 1 is 1.06 bits per heavy atom. The zero-order valence-corrected chi connectivity index (χ0v) is 20.2. The highest BCUT2D eigenvalue weighted by Crippen LogP contribution is 2.81. The zero-order chi connectivity index (χ0) is 24.5. The number of morpholine rings is 1. The summed E-state index contributed by atoms with van der Waals surface area (Å²) in [5.41, 5.74) is 2.82. The molecule has 2 aromatic heterocycles. The molecule has 5 aliphatic rings. The summed E-state index contributed by atoms with van der Waals surface area (Å²) in [7, 11) is 0. The molecular formula is C28H30N4O4. The van der Waals surface area contributed by atoms with Gasteiger partial charge in [0, 0.05) is 30.2 Å². The molecule has 0 atom stereocenters. The van der Waals surface area contributed by atoms with E-state index < -0.39 is 11.4 Å². The molecule has 4 saturated carbocycles. The van der Waals surface area contributed by atoms with Gasteiger partial charge >= 0.3 is 5.97 Å². The molecule has 0 unspecified atom stereocenters. The third-order valence-corrected chi connectivity index (χ3v) is 9.15. The first-order valence-corrected chi connectivity index (χ1v) is 12.8. The number of amides is 1. The number of rotatable bonds is 7. The van der Waals surface area contributed by atoms with E-state index >= 15 is 0 Å². The van der Waals surface area contributed by atoms with E-state index in [2.05, 4.69) is 26.9 Å². The topological polar surface area (TPSA) is 96.7 Å². The van der Waals surface area contributed by atoms with Crippen molar-refractivity contribution in [2.45, 2.75) is 44.2 Å². The largest absolute Gasteiger partial charge is 0.481 e. The number of aromatic nitrogens is 2. The molecule has 1 saturated heterocycles. The molecule has 4 aliphatic carbocycles. The number of aliphatic carboxylic acids is 1. The van der Waals surface area contributed by atoms with Crippen LogP contribution in [-0.4, -0.2) is 58.4 Å². The van der Waals surface area contributed by atoms with E-state index in [4.69, 9.17) is 9.72 Å². The van der Waals surface area contributed by atoms with E-state index in [1.807, 2.05) is 36.7 Å². The van der Waals surface area contributed by atoms with E-state index in [9.17, 15) is 14.7 Å². The first kappa shape index (κ1) is 21.9. The van der Waals surface area contributed by atoms with Gasteiger partial charge in [-0.3, -0.25) is 14.6 Å². The number of hydrogen-bond donors (Lipinski definition) is 2. The molecule has 3 aromatic rings. The highest BCUT2D eigenvalue weighted by Gasteiger charge is 2.81. The van der Waals surface area contributed by atoms with Crippen molar-refractivity contribution < 1.29 is 19.4 Å². The van der Waals surface area contributed by atoms with Crippen molar-refractivity contribution in [3.8, 4) is 0 Å². The molecule has 5 fully saturated rings. The number of nitrogens with one attached hydrogen (secondary N) is 1. The number of carbonyl (C=O) groups is 2. The lowest BCUT2D eigenvalue weighted by Gasteiger charge is -2.71. The van der Waals surface area contributed by atoms with Gasteiger partial charge in [0.05, 0.1) is 53.8 Å². The molecule has 8 rings (SSSR count). The Morgan fingerprint density at radius 3 is 2.50 bits per heavy atom. The van der Waals surface area contributed by atoms with Crippen LogP contribution in [0.3, 0.4) is 0 Å². The highest BCUT2D eigenvalue weighted by molar-refractivity contribution is 6.06. The number of para-hydroxylation sites is 1. The lowest BCUT2D eigenvalue weighted by atomic mass is 9.32. The van der Waals surface area contributed by atoms with Crippen LogP contribution in [0.2, 0.25) is 0 Å². The molecular weight excluding hydrogens is 456 g/mol. The summed E-state index contributed by atoms with van der Waals surface area (Å²) in [5, 5.41) is 13.9. The molecule has 0 spiro atoms. The molecule has 36 heavy (non-hydrogen) atoms. The number of fused-ring (bicyclic) bond motifs is 1. The molecule has 0 radical (unpaired) electrons. The summed E-state index contributed by atoms with van der Waals surface area (Å²) >= 11 is 0. The smallest absolute Gasteiger partial charge is 0.309 e. The number of benzene rings is 1. The Morgan fingerprint density at radius 2 is 1.83 bits per heavy atom. The van der Waals surface area contributed by atoms with E-state index in [1.165, 1.54) is 0 Å². The van der Waals surface area contributed by atoms with Gasteiger partial charge in [-0.15, -0.1) is 0 Å². The van der Waals surface area contributed by atoms with Crippen LogP contribution in [0.1, 0.15) is 48.2 Å². The van der Waals surface area contributed by atoms with Crippen LogP contribution >= 0.6 is 0 Å². The fraction of sp³-hybridized carbons (Fsp3) is 0.464. The lowest BCUT2D eigenvalue weighted by Crippen LogP contribution is -2.73. The van der Waals surface area contributed by atoms with E-state index in [1.54, 1.807) is 0 Å². The minimum atomic E-state index is -0.680. The molecule has 2 N–H and O–H groups in total. The van der Waals surface area contributed by atoms with Crippen LogP contribution < -0.4 is 10.2 Å². The van der Waals surface area contributed by atoms with Crippen molar-refractivity contribution in [2.75, 3.05) is 31.2 Å². The third kappa shape index (κ3) is 3.13. The molecule has 1 aliphatic heterocycles. The molecule has 8 heteroatoms. The fourth-order valence-corrected chi connectivity index (χ4v) is 6.99. The van der Waals surface area contributed by atoms with Gasteiger partial charge in [-0.1, -0.05) is 12.1 Å². The Balaban J connectivity index is 1.11. The van der Waals surface area contributed by atoms with E-state index in [0.29, 0.717) is 31.4 Å². The maximum absolute atomic E-state index is 13.6. The minimum Gasteiger partial charge on any atom is -0.481 e. The first-order valence-electron chi connectivity index (χ1n) is 12.8. The van der Waals surface area contributed by atoms with Crippen molar-refractivity contribution in [1.82, 2.24) is 14.9 Å². The summed E-state index contributed by atoms with van der Waals surface area (Å²) in [5.74, 6) is -0.747. The second-order valence-corrected chi connectivity index (χ2v) is 11.2. The van der Waals surface area contributed by atoms with Gasteiger partial charge in [-0.25, -0.2) is 0 Å². The number of anilines is 1. The maximum atomic E-state index is 13.6. The maximum Gasteiger partial charge on any atom is 0.309 e. The van der Waals surface area contributed by atoms with Gasteiger partial charge in [0.25, 0.3) is 5.91 Å². The number of nitrogens with zero attached hydrogens (tertiary/aromatic N) is 3. The third-order valence-electron chi connectivity index (χ3n) is 9.15. The van der Waals surface area contributed by atoms with E-state index in [-0.39, 0.29) is 16.9 Å². The van der Waals surface area contributed by atoms with Gasteiger partial charge in [-0.05, 0) is 61.8 Å². The summed E-state index contributed by atoms with van der Waals surface area (Å²) in [6.07, 6.45) is 7.90. The van der Waals surface area contributed by atoms with Crippen LogP contribution in [0.15, 0.2) is 48.8 Å². The van der Waals surface area contributed by atoms with Gasteiger partial charge < -0.3 is 24.6 Å². The predicted molar refractivity (Wildman–Crippen MR) is 134 cm³/mol. The van der Waals surface area contributed by atoms with Crippen molar-refractivity contribution in [2.24, 2.45) is 10.8 Å². The Labute approximate surface area is 209 Å². The lowest BCUT2D eigenvalue weighted by molar-refractivity contribution is -0.236. The fourth-order valence-electron chi connectivity index (χ4n) is 6.99. The second-order valence-electron chi connectivity index (χ2n) is 11.2. The zero-order valence-electron chi connectivity index (χ0n) is 20.2. The Kier molecular flexibility index (Phi) is 4.59. The Hall–Kier alpha value is -3.39. The second kappa shape index (κ2) is 7.56. The van der Waals surface area contributed by atoms with Crippen LogP contribution in [0.25, 0.3) is 10.9 Å². The van der Waals surface area contributed by atoms with Gasteiger partial charge in [0.1, 0.15) is 0 Å². The molecule has 2 bridgehead atoms. The molecule has 1 amide bonds. The standard InChI is InChI=1S/C28H30N4O4/c33-24(30-28(7-8-28)27-16-26(17-27,18-27)25(34)35)22-3-1-2-19-6-9-32(23(19)22)15-20-4-5-21(14-29-20)31-10-12-36-13-11-31/h1-6,9,14H,7-8,10-13,15-18H2,(H,30,33)(H,34,35). The van der Waals surface area contributed by atoms with Crippen LogP contribution in [0.4, 0.5) is 5.69 Å². The van der Waals surface area contributed by atoms with Crippen LogP contribution in [0, 0.1) is 10.8 Å². The van der Waals surface area contributed by atoms with Crippen molar-refractivity contribution in [3.05, 3.63) is 60.0 Å². The summed E-state index contributed by atoms with van der Waals surface area (Å²) < 4.78 is 7.54. The number of hydrogen-bond acceptors (Lipinski definition) is 5. The van der Waals surface area contributed by atoms with Crippen molar-refractivity contribution in [3.63, 3.8) is 0 Å². The number of ether oxygens (including phenoxy) is 1. The van der Waals surface area contributed by atoms with Gasteiger partial charge in [0.2, 0.25) is 0 Å². The summed E-state index contributed by atoms with van der Waals surface area (Å²) in [4.78, 5) is 32.1. The van der Waals surface area contributed by atoms with Crippen LogP contribution in [0.5, 0.6) is 0 Å². The first-order chi connectivity index (χ1) is 17.4. The number of carboxylic acid groups (broad SMARTS) is 1. The van der Waals surface area contributed by atoms with Gasteiger partial charge in [0.15, 0.2) is 0 Å². The van der Waals surface area contributed by atoms with Crippen LogP contribution in [-0.2, 0) is 16.1 Å². The average molecular weight is 487 g/mol. The highest BCUT2D eigenvalue weighted by atomic mass is 16.5. The van der Waals surface area contributed by atoms with Gasteiger partial charge in [-0.2, -0.15) is 0 Å². The number of carbonyl (C=O) groups excluding carboxylic acids is 1. The summed E-state index contributed by atoms with van der Waals surface area (Å²) in [6.45, 7) is 3.81. The number of carboxylic acids is 1. The molecule has 3 heterocycles. The number of pyridine rings is 1. The molecule has 186 valence electrons. The minimum absolute atomic E-state index is 0.0247.